The number of pyridine rings is 1. The summed E-state index contributed by atoms with van der Waals surface area (Å²) < 4.78 is 24.9. The number of hydrogen-bond donors (Lipinski definition) is 0. The third kappa shape index (κ3) is 2.06. The summed E-state index contributed by atoms with van der Waals surface area (Å²) in [5, 5.41) is 19.3. The Kier molecular flexibility index (Phi) is 3.68. The van der Waals surface area contributed by atoms with Gasteiger partial charge in [0.2, 0.25) is 0 Å². The van der Waals surface area contributed by atoms with E-state index >= 15 is 0 Å². The van der Waals surface area contributed by atoms with Gasteiger partial charge in [-0.15, -0.1) is 11.6 Å². The molecule has 0 aromatic carbocycles. The maximum atomic E-state index is 12.4. The van der Waals surface area contributed by atoms with Gasteiger partial charge in [-0.2, -0.15) is 5.26 Å². The molecule has 1 heterocycles. The molecule has 0 bridgehead atoms. The molecule has 0 saturated carbocycles. The Balaban J connectivity index is 3.59. The van der Waals surface area contributed by atoms with E-state index in [4.69, 9.17) is 16.9 Å². The van der Waals surface area contributed by atoms with Gasteiger partial charge in [0.05, 0.1) is 10.8 Å². The molecule has 0 aliphatic carbocycles. The number of nitro groups is 1. The zero-order valence-corrected chi connectivity index (χ0v) is 8.41. The Morgan fingerprint density at radius 1 is 1.69 bits per heavy atom. The van der Waals surface area contributed by atoms with Crippen LogP contribution in [0.5, 0.6) is 0 Å². The highest BCUT2D eigenvalue weighted by Gasteiger charge is 2.29. The maximum Gasteiger partial charge on any atom is 0.314 e. The minimum Gasteiger partial charge on any atom is -0.258 e. The van der Waals surface area contributed by atoms with E-state index in [1.54, 1.807) is 0 Å². The van der Waals surface area contributed by atoms with Crippen molar-refractivity contribution in [2.24, 2.45) is 0 Å². The lowest BCUT2D eigenvalue weighted by molar-refractivity contribution is -0.386. The van der Waals surface area contributed by atoms with Crippen LogP contribution >= 0.6 is 11.6 Å². The second-order valence-corrected chi connectivity index (χ2v) is 2.96. The van der Waals surface area contributed by atoms with Gasteiger partial charge in [0.15, 0.2) is 5.69 Å². The Morgan fingerprint density at radius 2 is 2.31 bits per heavy atom. The Labute approximate surface area is 93.4 Å². The van der Waals surface area contributed by atoms with E-state index in [-0.39, 0.29) is 11.4 Å². The van der Waals surface area contributed by atoms with Crippen LogP contribution < -0.4 is 0 Å². The fourth-order valence-corrected chi connectivity index (χ4v) is 1.33. The molecule has 0 fully saturated rings. The minimum atomic E-state index is -3.11. The summed E-state index contributed by atoms with van der Waals surface area (Å²) in [5.41, 5.74) is -2.41. The zero-order chi connectivity index (χ0) is 12.3. The fraction of sp³-hybridized carbons (Fsp3) is 0.250. The van der Waals surface area contributed by atoms with Gasteiger partial charge in [-0.05, 0) is 0 Å². The first-order valence-electron chi connectivity index (χ1n) is 3.93. The summed E-state index contributed by atoms with van der Waals surface area (Å²) in [6.07, 6.45) is -2.17. The van der Waals surface area contributed by atoms with E-state index in [0.29, 0.717) is 0 Å². The summed E-state index contributed by atoms with van der Waals surface area (Å²) in [6, 6.07) is 1.49. The van der Waals surface area contributed by atoms with Crippen molar-refractivity contribution in [2.45, 2.75) is 12.3 Å². The average molecular weight is 248 g/mol. The molecular weight excluding hydrogens is 244 g/mol. The lowest BCUT2D eigenvalue weighted by Gasteiger charge is -2.04. The molecule has 8 heteroatoms. The van der Waals surface area contributed by atoms with Crippen LogP contribution in [0.25, 0.3) is 0 Å². The summed E-state index contributed by atoms with van der Waals surface area (Å²) in [7, 11) is 0. The second kappa shape index (κ2) is 4.81. The van der Waals surface area contributed by atoms with Crippen LogP contribution in [-0.2, 0) is 5.88 Å². The third-order valence-corrected chi connectivity index (χ3v) is 2.09. The third-order valence-electron chi connectivity index (χ3n) is 1.81. The first-order valence-corrected chi connectivity index (χ1v) is 4.46. The van der Waals surface area contributed by atoms with Gasteiger partial charge in [0.25, 0.3) is 6.43 Å². The normalized spacial score (nSPS) is 10.2. The average Bonchev–Trinajstić information content (AvgIpc) is 2.26. The van der Waals surface area contributed by atoms with Gasteiger partial charge < -0.3 is 0 Å². The highest BCUT2D eigenvalue weighted by atomic mass is 35.5. The molecule has 1 aromatic rings. The van der Waals surface area contributed by atoms with E-state index in [0.717, 1.165) is 6.20 Å². The summed E-state index contributed by atoms with van der Waals surface area (Å²) in [6.45, 7) is 0. The van der Waals surface area contributed by atoms with Crippen molar-refractivity contribution in [1.82, 2.24) is 4.98 Å². The summed E-state index contributed by atoms with van der Waals surface area (Å²) in [4.78, 5) is 12.8. The highest BCUT2D eigenvalue weighted by molar-refractivity contribution is 6.17. The van der Waals surface area contributed by atoms with Crippen molar-refractivity contribution in [3.05, 3.63) is 33.1 Å². The number of alkyl halides is 3. The molecule has 0 aliphatic rings. The first-order chi connectivity index (χ1) is 7.52. The van der Waals surface area contributed by atoms with Gasteiger partial charge in [-0.1, -0.05) is 0 Å². The summed E-state index contributed by atoms with van der Waals surface area (Å²) in [5.74, 6) is -0.208. The highest BCUT2D eigenvalue weighted by Crippen LogP contribution is 2.31. The predicted molar refractivity (Wildman–Crippen MR) is 50.1 cm³/mol. The first kappa shape index (κ1) is 12.3. The SMILES string of the molecule is N#Cc1c(CCl)cnc(C(F)F)c1[N+](=O)[O-]. The van der Waals surface area contributed by atoms with Gasteiger partial charge >= 0.3 is 5.69 Å². The smallest absolute Gasteiger partial charge is 0.258 e. The van der Waals surface area contributed by atoms with Crippen molar-refractivity contribution in [3.63, 3.8) is 0 Å². The number of halogens is 3. The number of rotatable bonds is 3. The number of nitriles is 1. The minimum absolute atomic E-state index is 0.0558. The van der Waals surface area contributed by atoms with Gasteiger partial charge in [-0.3, -0.25) is 10.1 Å². The molecular formula is C8H4ClF2N3O2. The molecule has 5 nitrogen and oxygen atoms in total. The predicted octanol–water partition coefficient (Wildman–Crippen LogP) is 2.54. The van der Waals surface area contributed by atoms with E-state index in [9.17, 15) is 18.9 Å². The maximum absolute atomic E-state index is 12.4. The molecule has 1 rings (SSSR count). The van der Waals surface area contributed by atoms with Gasteiger partial charge in [0, 0.05) is 11.8 Å². The van der Waals surface area contributed by atoms with Crippen LogP contribution in [0.4, 0.5) is 14.5 Å². The number of aromatic nitrogens is 1. The van der Waals surface area contributed by atoms with Crippen molar-refractivity contribution < 1.29 is 13.7 Å². The molecule has 0 amide bonds. The van der Waals surface area contributed by atoms with Crippen molar-refractivity contribution in [1.29, 1.82) is 5.26 Å². The Hall–Kier alpha value is -1.81. The molecule has 0 aliphatic heterocycles. The molecule has 1 aromatic heterocycles. The quantitative estimate of drug-likeness (QED) is 0.467. The van der Waals surface area contributed by atoms with E-state index in [2.05, 4.69) is 4.98 Å². The van der Waals surface area contributed by atoms with Crippen LogP contribution in [0.2, 0.25) is 0 Å². The lowest BCUT2D eigenvalue weighted by atomic mass is 10.1. The van der Waals surface area contributed by atoms with Crippen molar-refractivity contribution in [3.8, 4) is 6.07 Å². The Bertz CT molecular complexity index is 473. The monoisotopic (exact) mass is 247 g/mol. The van der Waals surface area contributed by atoms with Gasteiger partial charge in [-0.25, -0.2) is 13.8 Å². The molecule has 84 valence electrons. The fourth-order valence-electron chi connectivity index (χ4n) is 1.12. The summed E-state index contributed by atoms with van der Waals surface area (Å²) >= 11 is 5.42. The van der Waals surface area contributed by atoms with E-state index in [1.807, 2.05) is 0 Å². The van der Waals surface area contributed by atoms with Crippen LogP contribution in [0, 0.1) is 21.4 Å². The number of hydrogen-bond acceptors (Lipinski definition) is 4. The van der Waals surface area contributed by atoms with E-state index < -0.39 is 28.3 Å². The molecule has 0 radical (unpaired) electrons. The van der Waals surface area contributed by atoms with Crippen LogP contribution in [-0.4, -0.2) is 9.91 Å². The standard InChI is InChI=1S/C8H4ClF2N3O2/c9-1-4-3-13-6(8(10)11)7(14(15)16)5(4)2-12/h3,8H,1H2. The molecule has 0 atom stereocenters. The molecule has 0 unspecified atom stereocenters. The van der Waals surface area contributed by atoms with Crippen LogP contribution in [0.15, 0.2) is 6.20 Å². The largest absolute Gasteiger partial charge is 0.314 e. The van der Waals surface area contributed by atoms with Crippen LogP contribution in [0.3, 0.4) is 0 Å². The molecule has 0 N–H and O–H groups in total. The van der Waals surface area contributed by atoms with Crippen molar-refractivity contribution >= 4 is 17.3 Å². The van der Waals surface area contributed by atoms with Gasteiger partial charge in [0.1, 0.15) is 11.6 Å². The van der Waals surface area contributed by atoms with Crippen LogP contribution in [0.1, 0.15) is 23.2 Å². The van der Waals surface area contributed by atoms with Crippen molar-refractivity contribution in [2.75, 3.05) is 0 Å². The Morgan fingerprint density at radius 3 is 2.69 bits per heavy atom. The number of nitrogens with zero attached hydrogens (tertiary/aromatic N) is 3. The molecule has 0 spiro atoms. The molecule has 0 saturated heterocycles. The lowest BCUT2D eigenvalue weighted by Crippen LogP contribution is -2.04. The van der Waals surface area contributed by atoms with E-state index in [1.165, 1.54) is 6.07 Å². The second-order valence-electron chi connectivity index (χ2n) is 2.70. The molecule has 16 heavy (non-hydrogen) atoms. The topological polar surface area (TPSA) is 79.8 Å². The zero-order valence-electron chi connectivity index (χ0n) is 7.65.